The number of quaternary nitrogens is 1. The minimum Gasteiger partial charge on any atom is -0.325 e. The van der Waals surface area contributed by atoms with Gasteiger partial charge >= 0.3 is 0 Å². The van der Waals surface area contributed by atoms with Crippen molar-refractivity contribution in [3.05, 3.63) is 29.8 Å². The Balaban J connectivity index is 2.01. The van der Waals surface area contributed by atoms with Gasteiger partial charge in [-0.25, -0.2) is 8.78 Å². The quantitative estimate of drug-likeness (QED) is 0.829. The Morgan fingerprint density at radius 3 is 2.61 bits per heavy atom. The highest BCUT2D eigenvalue weighted by Crippen LogP contribution is 2.14. The summed E-state index contributed by atoms with van der Waals surface area (Å²) in [6.45, 7) is 3.78. The van der Waals surface area contributed by atoms with Gasteiger partial charge < -0.3 is 10.2 Å². The number of nitrogens with one attached hydrogen (secondary N) is 2. The van der Waals surface area contributed by atoms with Crippen LogP contribution in [0, 0.1) is 11.6 Å². The Labute approximate surface area is 105 Å². The molecule has 1 saturated heterocycles. The lowest BCUT2D eigenvalue weighted by molar-refractivity contribution is -0.901. The van der Waals surface area contributed by atoms with E-state index in [-0.39, 0.29) is 17.6 Å². The van der Waals surface area contributed by atoms with Crippen LogP contribution in [0.4, 0.5) is 14.5 Å². The summed E-state index contributed by atoms with van der Waals surface area (Å²) in [5.74, 6) is -1.62. The second-order valence-electron chi connectivity index (χ2n) is 4.70. The van der Waals surface area contributed by atoms with Gasteiger partial charge in [-0.1, -0.05) is 0 Å². The van der Waals surface area contributed by atoms with E-state index in [1.165, 1.54) is 11.0 Å². The van der Waals surface area contributed by atoms with Gasteiger partial charge in [0.15, 0.2) is 6.04 Å². The zero-order valence-electron chi connectivity index (χ0n) is 10.3. The van der Waals surface area contributed by atoms with Crippen molar-refractivity contribution in [2.45, 2.75) is 25.8 Å². The van der Waals surface area contributed by atoms with Crippen LogP contribution in [0.1, 0.15) is 19.8 Å². The van der Waals surface area contributed by atoms with E-state index in [0.717, 1.165) is 38.1 Å². The third-order valence-electron chi connectivity index (χ3n) is 3.44. The molecule has 1 aromatic rings. The molecule has 0 saturated carbocycles. The molecule has 1 atom stereocenters. The fraction of sp³-hybridized carbons (Fsp3) is 0.462. The van der Waals surface area contributed by atoms with Crippen molar-refractivity contribution in [3.63, 3.8) is 0 Å². The van der Waals surface area contributed by atoms with E-state index in [1.54, 1.807) is 0 Å². The van der Waals surface area contributed by atoms with Gasteiger partial charge in [0.25, 0.3) is 5.91 Å². The Hall–Kier alpha value is -1.49. The van der Waals surface area contributed by atoms with Crippen molar-refractivity contribution in [1.29, 1.82) is 0 Å². The Morgan fingerprint density at radius 1 is 1.33 bits per heavy atom. The van der Waals surface area contributed by atoms with Gasteiger partial charge in [-0.2, -0.15) is 0 Å². The minimum absolute atomic E-state index is 0.0341. The topological polar surface area (TPSA) is 33.5 Å². The highest BCUT2D eigenvalue weighted by molar-refractivity contribution is 5.93. The van der Waals surface area contributed by atoms with Crippen LogP contribution < -0.4 is 10.2 Å². The van der Waals surface area contributed by atoms with E-state index in [4.69, 9.17) is 0 Å². The molecule has 0 aromatic heterocycles. The van der Waals surface area contributed by atoms with Crippen molar-refractivity contribution in [2.24, 2.45) is 0 Å². The third kappa shape index (κ3) is 2.85. The molecular formula is C13H17F2N2O+. The predicted octanol–water partition coefficient (Wildman–Crippen LogP) is 0.970. The highest BCUT2D eigenvalue weighted by atomic mass is 19.1. The van der Waals surface area contributed by atoms with E-state index < -0.39 is 11.6 Å². The summed E-state index contributed by atoms with van der Waals surface area (Å²) in [6, 6.07) is 2.93. The molecule has 0 bridgehead atoms. The highest BCUT2D eigenvalue weighted by Gasteiger charge is 2.28. The molecule has 1 fully saturated rings. The van der Waals surface area contributed by atoms with Crippen molar-refractivity contribution in [3.8, 4) is 0 Å². The molecule has 1 aliphatic rings. The zero-order chi connectivity index (χ0) is 13.1. The molecule has 0 spiro atoms. The molecule has 0 aliphatic carbocycles. The zero-order valence-corrected chi connectivity index (χ0v) is 10.3. The molecule has 5 heteroatoms. The largest absolute Gasteiger partial charge is 0.325 e. The predicted molar refractivity (Wildman–Crippen MR) is 64.4 cm³/mol. The lowest BCUT2D eigenvalue weighted by Crippen LogP contribution is -3.14. The Kier molecular flexibility index (Phi) is 3.91. The average molecular weight is 255 g/mol. The molecule has 18 heavy (non-hydrogen) atoms. The molecule has 0 unspecified atom stereocenters. The SMILES string of the molecule is C[C@H](C(=O)Nc1ccc(F)cc1F)[NH+]1CCCC1. The number of benzene rings is 1. The van der Waals surface area contributed by atoms with Crippen LogP contribution in [-0.2, 0) is 4.79 Å². The number of anilines is 1. The molecular weight excluding hydrogens is 238 g/mol. The van der Waals surface area contributed by atoms with Crippen molar-refractivity contribution in [2.75, 3.05) is 18.4 Å². The summed E-state index contributed by atoms with van der Waals surface area (Å²) in [4.78, 5) is 13.2. The first kappa shape index (κ1) is 13.0. The number of halogens is 2. The fourth-order valence-electron chi connectivity index (χ4n) is 2.28. The molecule has 1 heterocycles. The maximum atomic E-state index is 13.4. The van der Waals surface area contributed by atoms with Crippen molar-refractivity contribution in [1.82, 2.24) is 0 Å². The van der Waals surface area contributed by atoms with Crippen molar-refractivity contribution < 1.29 is 18.5 Å². The molecule has 2 rings (SSSR count). The second kappa shape index (κ2) is 5.44. The van der Waals surface area contributed by atoms with E-state index in [9.17, 15) is 13.6 Å². The summed E-state index contributed by atoms with van der Waals surface area (Å²) in [6.07, 6.45) is 2.25. The van der Waals surface area contributed by atoms with Gasteiger partial charge in [-0.15, -0.1) is 0 Å². The molecule has 98 valence electrons. The van der Waals surface area contributed by atoms with Gasteiger partial charge in [0.1, 0.15) is 11.6 Å². The number of amides is 1. The summed E-state index contributed by atoms with van der Waals surface area (Å²) in [5.41, 5.74) is 0.0341. The molecule has 1 aromatic carbocycles. The maximum absolute atomic E-state index is 13.4. The molecule has 0 radical (unpaired) electrons. The number of carbonyl (C=O) groups is 1. The van der Waals surface area contributed by atoms with E-state index in [2.05, 4.69) is 5.32 Å². The van der Waals surface area contributed by atoms with Gasteiger partial charge in [-0.3, -0.25) is 4.79 Å². The monoisotopic (exact) mass is 255 g/mol. The first-order valence-electron chi connectivity index (χ1n) is 6.18. The van der Waals surface area contributed by atoms with E-state index in [1.807, 2.05) is 6.92 Å². The van der Waals surface area contributed by atoms with E-state index >= 15 is 0 Å². The average Bonchev–Trinajstić information content (AvgIpc) is 2.85. The molecule has 1 amide bonds. The third-order valence-corrected chi connectivity index (χ3v) is 3.44. The first-order valence-corrected chi connectivity index (χ1v) is 6.18. The number of hydrogen-bond acceptors (Lipinski definition) is 1. The Morgan fingerprint density at radius 2 is 2.00 bits per heavy atom. The summed E-state index contributed by atoms with van der Waals surface area (Å²) < 4.78 is 26.1. The minimum atomic E-state index is -0.744. The fourth-order valence-corrected chi connectivity index (χ4v) is 2.28. The van der Waals surface area contributed by atoms with Gasteiger partial charge in [0, 0.05) is 18.9 Å². The summed E-state index contributed by atoms with van der Waals surface area (Å²) >= 11 is 0. The summed E-state index contributed by atoms with van der Waals surface area (Å²) in [5, 5.41) is 2.51. The number of hydrogen-bond donors (Lipinski definition) is 2. The first-order chi connectivity index (χ1) is 8.58. The molecule has 2 N–H and O–H groups in total. The van der Waals surface area contributed by atoms with Crippen LogP contribution in [0.3, 0.4) is 0 Å². The lowest BCUT2D eigenvalue weighted by atomic mass is 10.2. The number of rotatable bonds is 3. The standard InChI is InChI=1S/C13H16F2N2O/c1-9(17-6-2-3-7-17)13(18)16-12-5-4-10(14)8-11(12)15/h4-5,8-9H,2-3,6-7H2,1H3,(H,16,18)/p+1/t9-/m1/s1. The van der Waals surface area contributed by atoms with Crippen LogP contribution in [0.15, 0.2) is 18.2 Å². The van der Waals surface area contributed by atoms with Crippen molar-refractivity contribution >= 4 is 11.6 Å². The molecule has 3 nitrogen and oxygen atoms in total. The number of likely N-dealkylation sites (tertiary alicyclic amines) is 1. The van der Waals surface area contributed by atoms with E-state index in [0.29, 0.717) is 0 Å². The second-order valence-corrected chi connectivity index (χ2v) is 4.70. The normalized spacial score (nSPS) is 17.7. The summed E-state index contributed by atoms with van der Waals surface area (Å²) in [7, 11) is 0. The Bertz CT molecular complexity index is 445. The lowest BCUT2D eigenvalue weighted by Gasteiger charge is -2.20. The van der Waals surface area contributed by atoms with Crippen LogP contribution in [0.2, 0.25) is 0 Å². The maximum Gasteiger partial charge on any atom is 0.282 e. The smallest absolute Gasteiger partial charge is 0.282 e. The molecule has 1 aliphatic heterocycles. The van der Waals surface area contributed by atoms with Gasteiger partial charge in [0.2, 0.25) is 0 Å². The van der Waals surface area contributed by atoms with Crippen LogP contribution >= 0.6 is 0 Å². The van der Waals surface area contributed by atoms with Crippen LogP contribution in [-0.4, -0.2) is 25.0 Å². The van der Waals surface area contributed by atoms with Crippen LogP contribution in [0.25, 0.3) is 0 Å². The van der Waals surface area contributed by atoms with Crippen LogP contribution in [0.5, 0.6) is 0 Å². The van der Waals surface area contributed by atoms with Gasteiger partial charge in [-0.05, 0) is 19.1 Å². The number of carbonyl (C=O) groups excluding carboxylic acids is 1. The van der Waals surface area contributed by atoms with Gasteiger partial charge in [0.05, 0.1) is 18.8 Å².